The van der Waals surface area contributed by atoms with Gasteiger partial charge in [0.2, 0.25) is 0 Å². The second-order valence-corrected chi connectivity index (χ2v) is 7.03. The van der Waals surface area contributed by atoms with Crippen molar-refractivity contribution in [2.75, 3.05) is 0 Å². The first kappa shape index (κ1) is 16.6. The van der Waals surface area contributed by atoms with Crippen molar-refractivity contribution in [1.29, 1.82) is 0 Å². The van der Waals surface area contributed by atoms with E-state index in [4.69, 9.17) is 4.42 Å². The standard InChI is InChI=1S/C20H17N5O3/c26-19(24-15-2-3-15)12-1-4-16-14(7-12)10-25(18(16)17-9-21-11-28-17)20(27)13-5-6-22-23-8-13/h1,4-9,11,15,18H,2-3,10H2,(H,24,26)/t18-/m0/s1. The van der Waals surface area contributed by atoms with Crippen LogP contribution in [0.4, 0.5) is 0 Å². The molecule has 0 saturated heterocycles. The van der Waals surface area contributed by atoms with Gasteiger partial charge >= 0.3 is 0 Å². The number of carbonyl (C=O) groups is 2. The fraction of sp³-hybridized carbons (Fsp3) is 0.250. The van der Waals surface area contributed by atoms with Crippen LogP contribution in [-0.4, -0.2) is 37.9 Å². The van der Waals surface area contributed by atoms with Gasteiger partial charge in [-0.15, -0.1) is 0 Å². The van der Waals surface area contributed by atoms with Gasteiger partial charge in [-0.1, -0.05) is 6.07 Å². The van der Waals surface area contributed by atoms with Crippen molar-refractivity contribution in [2.45, 2.75) is 31.5 Å². The summed E-state index contributed by atoms with van der Waals surface area (Å²) >= 11 is 0. The molecule has 140 valence electrons. The van der Waals surface area contributed by atoms with Crippen molar-refractivity contribution >= 4 is 11.8 Å². The van der Waals surface area contributed by atoms with Crippen LogP contribution in [0, 0.1) is 0 Å². The highest BCUT2D eigenvalue weighted by Gasteiger charge is 2.37. The summed E-state index contributed by atoms with van der Waals surface area (Å²) in [6, 6.07) is 7.06. The molecule has 2 amide bonds. The Balaban J connectivity index is 1.51. The predicted molar refractivity (Wildman–Crippen MR) is 97.2 cm³/mol. The van der Waals surface area contributed by atoms with Crippen LogP contribution < -0.4 is 5.32 Å². The molecule has 1 aliphatic heterocycles. The number of nitrogens with one attached hydrogen (secondary N) is 1. The van der Waals surface area contributed by atoms with Crippen LogP contribution in [-0.2, 0) is 6.54 Å². The summed E-state index contributed by atoms with van der Waals surface area (Å²) in [6.45, 7) is 0.367. The van der Waals surface area contributed by atoms with Gasteiger partial charge in [0.05, 0.1) is 24.2 Å². The van der Waals surface area contributed by atoms with E-state index in [1.54, 1.807) is 23.2 Å². The fourth-order valence-corrected chi connectivity index (χ4v) is 3.53. The molecule has 0 spiro atoms. The molecule has 2 aliphatic rings. The van der Waals surface area contributed by atoms with E-state index in [0.717, 1.165) is 24.0 Å². The molecule has 0 radical (unpaired) electrons. The minimum atomic E-state index is -0.404. The van der Waals surface area contributed by atoms with Gasteiger partial charge in [-0.25, -0.2) is 4.98 Å². The molecule has 1 atom stereocenters. The van der Waals surface area contributed by atoms with Crippen LogP contribution >= 0.6 is 0 Å². The topological polar surface area (TPSA) is 101 Å². The molecule has 2 aromatic heterocycles. The van der Waals surface area contributed by atoms with Crippen LogP contribution in [0.1, 0.15) is 56.5 Å². The van der Waals surface area contributed by atoms with Crippen molar-refractivity contribution in [3.05, 3.63) is 77.3 Å². The minimum Gasteiger partial charge on any atom is -0.446 e. The second kappa shape index (κ2) is 6.56. The Hall–Kier alpha value is -3.55. The average molecular weight is 375 g/mol. The molecular formula is C20H17N5O3. The molecule has 1 aliphatic carbocycles. The number of fused-ring (bicyclic) bond motifs is 1. The number of aromatic nitrogens is 3. The number of rotatable bonds is 4. The van der Waals surface area contributed by atoms with Gasteiger partial charge in [0.15, 0.2) is 12.2 Å². The van der Waals surface area contributed by atoms with Crippen molar-refractivity contribution in [3.8, 4) is 0 Å². The third-order valence-electron chi connectivity index (χ3n) is 5.08. The van der Waals surface area contributed by atoms with Crippen molar-refractivity contribution in [2.24, 2.45) is 0 Å². The molecule has 5 rings (SSSR count). The Kier molecular flexibility index (Phi) is 3.89. The Morgan fingerprint density at radius 2 is 2.00 bits per heavy atom. The summed E-state index contributed by atoms with van der Waals surface area (Å²) in [4.78, 5) is 31.2. The molecule has 0 unspecified atom stereocenters. The van der Waals surface area contributed by atoms with Gasteiger partial charge in [0.25, 0.3) is 11.8 Å². The van der Waals surface area contributed by atoms with Crippen LogP contribution in [0.25, 0.3) is 0 Å². The molecule has 1 aromatic carbocycles. The van der Waals surface area contributed by atoms with Crippen LogP contribution in [0.2, 0.25) is 0 Å². The molecule has 8 nitrogen and oxygen atoms in total. The lowest BCUT2D eigenvalue weighted by atomic mass is 10.0. The van der Waals surface area contributed by atoms with Crippen LogP contribution in [0.3, 0.4) is 0 Å². The first-order valence-corrected chi connectivity index (χ1v) is 9.10. The van der Waals surface area contributed by atoms with E-state index < -0.39 is 6.04 Å². The van der Waals surface area contributed by atoms with Gasteiger partial charge in [0, 0.05) is 18.2 Å². The molecule has 1 saturated carbocycles. The molecule has 1 N–H and O–H groups in total. The van der Waals surface area contributed by atoms with Crippen LogP contribution in [0.5, 0.6) is 0 Å². The maximum atomic E-state index is 13.1. The molecule has 3 aromatic rings. The maximum Gasteiger partial charge on any atom is 0.256 e. The second-order valence-electron chi connectivity index (χ2n) is 7.03. The lowest BCUT2D eigenvalue weighted by molar-refractivity contribution is 0.0702. The van der Waals surface area contributed by atoms with Gasteiger partial charge in [-0.3, -0.25) is 9.59 Å². The zero-order valence-electron chi connectivity index (χ0n) is 14.9. The summed E-state index contributed by atoms with van der Waals surface area (Å²) in [6.07, 6.45) is 7.95. The number of oxazole rings is 1. The maximum absolute atomic E-state index is 13.1. The molecule has 28 heavy (non-hydrogen) atoms. The zero-order chi connectivity index (χ0) is 19.1. The highest BCUT2D eigenvalue weighted by Crippen LogP contribution is 2.39. The van der Waals surface area contributed by atoms with E-state index in [1.165, 1.54) is 18.8 Å². The summed E-state index contributed by atoms with van der Waals surface area (Å²) < 4.78 is 5.52. The number of hydrogen-bond donors (Lipinski definition) is 1. The lowest BCUT2D eigenvalue weighted by Gasteiger charge is -2.23. The molecule has 1 fully saturated rings. The molecular weight excluding hydrogens is 358 g/mol. The highest BCUT2D eigenvalue weighted by molar-refractivity contribution is 5.96. The number of carbonyl (C=O) groups excluding carboxylic acids is 2. The third kappa shape index (κ3) is 2.92. The van der Waals surface area contributed by atoms with Gasteiger partial charge in [0.1, 0.15) is 6.04 Å². The van der Waals surface area contributed by atoms with E-state index in [2.05, 4.69) is 20.5 Å². The number of hydrogen-bond acceptors (Lipinski definition) is 6. The Labute approximate surface area is 160 Å². The highest BCUT2D eigenvalue weighted by atomic mass is 16.3. The first-order valence-electron chi connectivity index (χ1n) is 9.10. The van der Waals surface area contributed by atoms with Gasteiger partial charge in [-0.05, 0) is 42.2 Å². The molecule has 0 bridgehead atoms. The predicted octanol–water partition coefficient (Wildman–Crippen LogP) is 2.10. The summed E-state index contributed by atoms with van der Waals surface area (Å²) in [5, 5.41) is 10.5. The van der Waals surface area contributed by atoms with Crippen LogP contribution in [0.15, 0.2) is 53.7 Å². The zero-order valence-corrected chi connectivity index (χ0v) is 14.9. The Morgan fingerprint density at radius 3 is 2.71 bits per heavy atom. The van der Waals surface area contributed by atoms with E-state index in [9.17, 15) is 9.59 Å². The summed E-state index contributed by atoms with van der Waals surface area (Å²) in [5.74, 6) is 0.311. The number of nitrogens with zero attached hydrogens (tertiary/aromatic N) is 4. The molecule has 8 heteroatoms. The van der Waals surface area contributed by atoms with E-state index in [0.29, 0.717) is 29.5 Å². The van der Waals surface area contributed by atoms with E-state index >= 15 is 0 Å². The third-order valence-corrected chi connectivity index (χ3v) is 5.08. The van der Waals surface area contributed by atoms with Crippen molar-refractivity contribution < 1.29 is 14.0 Å². The lowest BCUT2D eigenvalue weighted by Crippen LogP contribution is -2.30. The largest absolute Gasteiger partial charge is 0.446 e. The number of benzene rings is 1. The summed E-state index contributed by atoms with van der Waals surface area (Å²) in [5.41, 5.74) is 2.89. The van der Waals surface area contributed by atoms with Crippen molar-refractivity contribution in [3.63, 3.8) is 0 Å². The molecule has 3 heterocycles. The van der Waals surface area contributed by atoms with Gasteiger partial charge in [-0.2, -0.15) is 10.2 Å². The Bertz CT molecular complexity index is 1030. The minimum absolute atomic E-state index is 0.0791. The quantitative estimate of drug-likeness (QED) is 0.749. The van der Waals surface area contributed by atoms with Crippen molar-refractivity contribution in [1.82, 2.24) is 25.4 Å². The SMILES string of the molecule is O=C(NC1CC1)c1ccc2c(c1)CN(C(=O)c1ccnnc1)[C@@H]2c1cnco1. The van der Waals surface area contributed by atoms with E-state index in [1.807, 2.05) is 12.1 Å². The van der Waals surface area contributed by atoms with E-state index in [-0.39, 0.29) is 11.8 Å². The Morgan fingerprint density at radius 1 is 1.11 bits per heavy atom. The first-order chi connectivity index (χ1) is 13.7. The monoisotopic (exact) mass is 375 g/mol. The van der Waals surface area contributed by atoms with Gasteiger partial charge < -0.3 is 14.6 Å². The smallest absolute Gasteiger partial charge is 0.256 e. The fourth-order valence-electron chi connectivity index (χ4n) is 3.53. The number of amides is 2. The summed E-state index contributed by atoms with van der Waals surface area (Å²) in [7, 11) is 0. The average Bonchev–Trinajstić information content (AvgIpc) is 3.23. The normalized spacial score (nSPS) is 18.0.